The Morgan fingerprint density at radius 1 is 1.35 bits per heavy atom. The number of carboxylic acids is 1. The third-order valence-corrected chi connectivity index (χ3v) is 3.58. The lowest BCUT2D eigenvalue weighted by Crippen LogP contribution is -1.98. The molecule has 5 heteroatoms. The second-order valence-electron chi connectivity index (χ2n) is 3.30. The Kier molecular flexibility index (Phi) is 3.36. The molecule has 1 aromatic heterocycles. The van der Waals surface area contributed by atoms with Crippen molar-refractivity contribution in [2.45, 2.75) is 0 Å². The number of hydrogen-bond donors (Lipinski definition) is 1. The van der Waals surface area contributed by atoms with E-state index in [0.717, 1.165) is 5.56 Å². The first-order valence-electron chi connectivity index (χ1n) is 4.78. The van der Waals surface area contributed by atoms with Crippen LogP contribution in [0.1, 0.15) is 10.4 Å². The van der Waals surface area contributed by atoms with E-state index in [1.54, 1.807) is 18.6 Å². The first kappa shape index (κ1) is 12.0. The van der Waals surface area contributed by atoms with Gasteiger partial charge in [0.25, 0.3) is 0 Å². The van der Waals surface area contributed by atoms with Crippen molar-refractivity contribution in [3.8, 4) is 16.9 Å². The van der Waals surface area contributed by atoms with Crippen molar-refractivity contribution in [3.05, 3.63) is 39.5 Å². The van der Waals surface area contributed by atoms with E-state index in [4.69, 9.17) is 21.4 Å². The van der Waals surface area contributed by atoms with Crippen LogP contribution in [-0.4, -0.2) is 18.2 Å². The molecule has 0 fully saturated rings. The van der Waals surface area contributed by atoms with Crippen LogP contribution < -0.4 is 4.74 Å². The predicted molar refractivity (Wildman–Crippen MR) is 68.3 cm³/mol. The lowest BCUT2D eigenvalue weighted by atomic mass is 10.0. The molecule has 3 nitrogen and oxygen atoms in total. The van der Waals surface area contributed by atoms with E-state index in [1.807, 2.05) is 18.2 Å². The van der Waals surface area contributed by atoms with Gasteiger partial charge in [0.2, 0.25) is 0 Å². The summed E-state index contributed by atoms with van der Waals surface area (Å²) >= 11 is 7.08. The monoisotopic (exact) mass is 268 g/mol. The van der Waals surface area contributed by atoms with Gasteiger partial charge in [-0.15, -0.1) is 11.3 Å². The summed E-state index contributed by atoms with van der Waals surface area (Å²) in [4.78, 5) is 11.2. The number of hydrogen-bond acceptors (Lipinski definition) is 3. The number of benzene rings is 1. The molecule has 0 unspecified atom stereocenters. The number of methoxy groups -OCH3 is 1. The number of para-hydroxylation sites is 1. The van der Waals surface area contributed by atoms with Crippen molar-refractivity contribution in [1.82, 2.24) is 0 Å². The number of carboxylic acid groups (broad SMARTS) is 1. The lowest BCUT2D eigenvalue weighted by Gasteiger charge is -2.07. The zero-order chi connectivity index (χ0) is 12.4. The largest absolute Gasteiger partial charge is 0.496 e. The second kappa shape index (κ2) is 4.77. The standard InChI is InChI=1S/C12H9ClO3S/c1-16-9-5-3-2-4-7(9)8-6-17-11(13)10(8)12(14)15/h2-6H,1H3,(H,14,15). The Labute approximate surface area is 107 Å². The second-order valence-corrected chi connectivity index (χ2v) is 4.79. The highest BCUT2D eigenvalue weighted by Gasteiger charge is 2.20. The van der Waals surface area contributed by atoms with Crippen LogP contribution in [0.15, 0.2) is 29.6 Å². The van der Waals surface area contributed by atoms with Crippen molar-refractivity contribution in [2.24, 2.45) is 0 Å². The molecular weight excluding hydrogens is 260 g/mol. The predicted octanol–water partition coefficient (Wildman–Crippen LogP) is 3.78. The Balaban J connectivity index is 2.65. The summed E-state index contributed by atoms with van der Waals surface area (Å²) in [6, 6.07) is 7.25. The smallest absolute Gasteiger partial charge is 0.338 e. The molecule has 0 aliphatic heterocycles. The van der Waals surface area contributed by atoms with Gasteiger partial charge in [-0.2, -0.15) is 0 Å². The van der Waals surface area contributed by atoms with E-state index in [-0.39, 0.29) is 9.90 Å². The van der Waals surface area contributed by atoms with Gasteiger partial charge in [0.05, 0.1) is 12.7 Å². The molecule has 0 atom stereocenters. The number of carbonyl (C=O) groups is 1. The molecule has 0 saturated carbocycles. The molecule has 0 aliphatic rings. The van der Waals surface area contributed by atoms with Crippen molar-refractivity contribution in [3.63, 3.8) is 0 Å². The Hall–Kier alpha value is -1.52. The third kappa shape index (κ3) is 2.14. The molecule has 0 saturated heterocycles. The SMILES string of the molecule is COc1ccccc1-c1csc(Cl)c1C(=O)O. The number of rotatable bonds is 3. The van der Waals surface area contributed by atoms with Crippen LogP contribution in [0.3, 0.4) is 0 Å². The molecule has 1 heterocycles. The van der Waals surface area contributed by atoms with Gasteiger partial charge in [0.15, 0.2) is 0 Å². The highest BCUT2D eigenvalue weighted by Crippen LogP contribution is 2.38. The van der Waals surface area contributed by atoms with E-state index in [1.165, 1.54) is 11.3 Å². The van der Waals surface area contributed by atoms with E-state index in [0.29, 0.717) is 11.3 Å². The molecule has 1 N–H and O–H groups in total. The van der Waals surface area contributed by atoms with Crippen LogP contribution in [-0.2, 0) is 0 Å². The van der Waals surface area contributed by atoms with Gasteiger partial charge in [-0.05, 0) is 6.07 Å². The van der Waals surface area contributed by atoms with E-state index in [2.05, 4.69) is 0 Å². The first-order valence-corrected chi connectivity index (χ1v) is 6.04. The lowest BCUT2D eigenvalue weighted by molar-refractivity contribution is 0.0698. The van der Waals surface area contributed by atoms with Crippen molar-refractivity contribution >= 4 is 28.9 Å². The van der Waals surface area contributed by atoms with Crippen molar-refractivity contribution in [1.29, 1.82) is 0 Å². The number of ether oxygens (including phenoxy) is 1. The third-order valence-electron chi connectivity index (χ3n) is 2.36. The maximum absolute atomic E-state index is 11.2. The van der Waals surface area contributed by atoms with Crippen LogP contribution in [0, 0.1) is 0 Å². The molecule has 17 heavy (non-hydrogen) atoms. The normalized spacial score (nSPS) is 10.2. The minimum Gasteiger partial charge on any atom is -0.496 e. The molecule has 2 rings (SSSR count). The molecular formula is C12H9ClO3S. The van der Waals surface area contributed by atoms with Crippen molar-refractivity contribution < 1.29 is 14.6 Å². The zero-order valence-corrected chi connectivity index (χ0v) is 10.5. The zero-order valence-electron chi connectivity index (χ0n) is 8.94. The Morgan fingerprint density at radius 3 is 2.71 bits per heavy atom. The van der Waals surface area contributed by atoms with Crippen LogP contribution in [0.4, 0.5) is 0 Å². The fraction of sp³-hybridized carbons (Fsp3) is 0.0833. The minimum atomic E-state index is -1.03. The van der Waals surface area contributed by atoms with Gasteiger partial charge >= 0.3 is 5.97 Å². The fourth-order valence-corrected chi connectivity index (χ4v) is 2.70. The van der Waals surface area contributed by atoms with Crippen LogP contribution in [0.2, 0.25) is 4.34 Å². The molecule has 0 radical (unpaired) electrons. The van der Waals surface area contributed by atoms with Crippen LogP contribution >= 0.6 is 22.9 Å². The van der Waals surface area contributed by atoms with Gasteiger partial charge in [-0.1, -0.05) is 29.8 Å². The van der Waals surface area contributed by atoms with Crippen LogP contribution in [0.25, 0.3) is 11.1 Å². The molecule has 0 spiro atoms. The van der Waals surface area contributed by atoms with E-state index < -0.39 is 5.97 Å². The van der Waals surface area contributed by atoms with Gasteiger partial charge in [0.1, 0.15) is 10.1 Å². The highest BCUT2D eigenvalue weighted by atomic mass is 35.5. The molecule has 88 valence electrons. The van der Waals surface area contributed by atoms with Gasteiger partial charge < -0.3 is 9.84 Å². The van der Waals surface area contributed by atoms with Crippen molar-refractivity contribution in [2.75, 3.05) is 7.11 Å². The highest BCUT2D eigenvalue weighted by molar-refractivity contribution is 7.15. The topological polar surface area (TPSA) is 46.5 Å². The summed E-state index contributed by atoms with van der Waals surface area (Å²) in [5.41, 5.74) is 1.45. The maximum Gasteiger partial charge on any atom is 0.338 e. The molecule has 1 aromatic carbocycles. The van der Waals surface area contributed by atoms with Crippen LogP contribution in [0.5, 0.6) is 5.75 Å². The van der Waals surface area contributed by atoms with E-state index in [9.17, 15) is 4.79 Å². The minimum absolute atomic E-state index is 0.126. The quantitative estimate of drug-likeness (QED) is 0.922. The number of halogens is 1. The van der Waals surface area contributed by atoms with E-state index >= 15 is 0 Å². The molecule has 0 aliphatic carbocycles. The molecule has 0 bridgehead atoms. The molecule has 2 aromatic rings. The first-order chi connectivity index (χ1) is 8.15. The summed E-state index contributed by atoms with van der Waals surface area (Å²) in [6.07, 6.45) is 0. The van der Waals surface area contributed by atoms with Gasteiger partial charge in [-0.3, -0.25) is 0 Å². The summed E-state index contributed by atoms with van der Waals surface area (Å²) in [5.74, 6) is -0.401. The van der Waals surface area contributed by atoms with Gasteiger partial charge in [0, 0.05) is 16.5 Å². The molecule has 0 amide bonds. The average Bonchev–Trinajstić information content (AvgIpc) is 2.71. The maximum atomic E-state index is 11.2. The van der Waals surface area contributed by atoms with Gasteiger partial charge in [-0.25, -0.2) is 4.79 Å². The Morgan fingerprint density at radius 2 is 2.06 bits per heavy atom. The fourth-order valence-electron chi connectivity index (χ4n) is 1.60. The summed E-state index contributed by atoms with van der Waals surface area (Å²) in [6.45, 7) is 0. The Bertz CT molecular complexity index is 563. The summed E-state index contributed by atoms with van der Waals surface area (Å²) in [5, 5.41) is 10.9. The number of thiophene rings is 1. The number of aromatic carboxylic acids is 1. The summed E-state index contributed by atoms with van der Waals surface area (Å²) in [7, 11) is 1.55. The average molecular weight is 269 g/mol. The summed E-state index contributed by atoms with van der Waals surface area (Å²) < 4.78 is 5.49.